The molecule has 9 nitrogen and oxygen atoms in total. The van der Waals surface area contributed by atoms with Crippen LogP contribution in [0.25, 0.3) is 0 Å². The van der Waals surface area contributed by atoms with Gasteiger partial charge in [0.25, 0.3) is 11.8 Å². The molecule has 0 aromatic heterocycles. The number of nitrogens with two attached hydrogens (primary N) is 1. The molecule has 0 fully saturated rings. The molecule has 0 unspecified atom stereocenters. The van der Waals surface area contributed by atoms with Crippen molar-refractivity contribution in [3.05, 3.63) is 23.8 Å². The fraction of sp³-hybridized carbons (Fsp3) is 0.438. The Morgan fingerprint density at radius 2 is 2.00 bits per heavy atom. The lowest BCUT2D eigenvalue weighted by atomic mass is 10.2. The number of hydrogen-bond acceptors (Lipinski definition) is 6. The molecule has 1 aromatic carbocycles. The molecule has 0 aliphatic rings. The average molecular weight is 384 g/mol. The zero-order valence-electron chi connectivity index (χ0n) is 15.0. The Morgan fingerprint density at radius 1 is 1.27 bits per heavy atom. The van der Waals surface area contributed by atoms with Crippen molar-refractivity contribution in [1.82, 2.24) is 15.8 Å². The highest BCUT2D eigenvalue weighted by Gasteiger charge is 2.14. The van der Waals surface area contributed by atoms with Gasteiger partial charge >= 0.3 is 0 Å². The van der Waals surface area contributed by atoms with E-state index in [1.807, 2.05) is 0 Å². The van der Waals surface area contributed by atoms with Crippen molar-refractivity contribution in [3.8, 4) is 11.5 Å². The minimum atomic E-state index is -0.609. The molecule has 0 atom stereocenters. The van der Waals surface area contributed by atoms with Crippen LogP contribution < -0.4 is 25.9 Å². The molecule has 0 aliphatic heterocycles. The third-order valence-corrected chi connectivity index (χ3v) is 3.59. The first-order valence-corrected chi connectivity index (χ1v) is 8.20. The number of benzene rings is 1. The molecule has 0 radical (unpaired) electrons. The van der Waals surface area contributed by atoms with E-state index in [2.05, 4.69) is 10.7 Å². The molecule has 0 saturated heterocycles. The van der Waals surface area contributed by atoms with Gasteiger partial charge in [0, 0.05) is 32.9 Å². The van der Waals surface area contributed by atoms with Crippen LogP contribution >= 0.6 is 12.2 Å². The van der Waals surface area contributed by atoms with Crippen LogP contribution in [0.3, 0.4) is 0 Å². The Hall–Kier alpha value is -2.59. The van der Waals surface area contributed by atoms with Crippen LogP contribution in [-0.4, -0.2) is 63.0 Å². The third-order valence-electron chi connectivity index (χ3n) is 3.17. The van der Waals surface area contributed by atoms with Gasteiger partial charge < -0.3 is 25.3 Å². The van der Waals surface area contributed by atoms with Crippen molar-refractivity contribution in [2.75, 3.05) is 41.0 Å². The maximum absolute atomic E-state index is 12.4. The van der Waals surface area contributed by atoms with Crippen molar-refractivity contribution in [2.24, 2.45) is 5.73 Å². The van der Waals surface area contributed by atoms with Gasteiger partial charge in [0.15, 0.2) is 23.2 Å². The van der Waals surface area contributed by atoms with Gasteiger partial charge in [-0.3, -0.25) is 20.0 Å². The van der Waals surface area contributed by atoms with Crippen LogP contribution in [0.15, 0.2) is 18.2 Å². The zero-order valence-corrected chi connectivity index (χ0v) is 15.9. The Bertz CT molecular complexity index is 641. The first kappa shape index (κ1) is 21.5. The normalized spacial score (nSPS) is 9.96. The van der Waals surface area contributed by atoms with Crippen molar-refractivity contribution < 1.29 is 23.8 Å². The molecule has 144 valence electrons. The van der Waals surface area contributed by atoms with Crippen LogP contribution in [0.1, 0.15) is 16.8 Å². The minimum absolute atomic E-state index is 0.284. The van der Waals surface area contributed by atoms with E-state index in [9.17, 15) is 9.59 Å². The number of hydrazine groups is 1. The lowest BCUT2D eigenvalue weighted by molar-refractivity contribution is -0.119. The third kappa shape index (κ3) is 7.11. The fourth-order valence-corrected chi connectivity index (χ4v) is 2.02. The number of thiocarbonyl (C=S) groups is 1. The van der Waals surface area contributed by atoms with Crippen molar-refractivity contribution in [3.63, 3.8) is 0 Å². The Labute approximate surface area is 157 Å². The highest BCUT2D eigenvalue weighted by atomic mass is 32.1. The van der Waals surface area contributed by atoms with Gasteiger partial charge in [-0.15, -0.1) is 0 Å². The Morgan fingerprint density at radius 3 is 2.62 bits per heavy atom. The summed E-state index contributed by atoms with van der Waals surface area (Å²) in [6.45, 7) is 0.968. The number of carbonyl (C=O) groups excluding carboxylic acids is 2. The lowest BCUT2D eigenvalue weighted by Gasteiger charge is -2.22. The quantitative estimate of drug-likeness (QED) is 0.311. The first-order valence-electron chi connectivity index (χ1n) is 7.79. The second kappa shape index (κ2) is 11.1. The van der Waals surface area contributed by atoms with E-state index in [1.54, 1.807) is 14.2 Å². The van der Waals surface area contributed by atoms with Crippen LogP contribution in [0, 0.1) is 0 Å². The SMILES string of the molecule is COCCCNC(=S)N(C)NC(=O)c1ccc(OCC(N)=O)c(OC)c1. The number of rotatable bonds is 9. The molecule has 0 spiro atoms. The van der Waals surface area contributed by atoms with E-state index < -0.39 is 5.91 Å². The van der Waals surface area contributed by atoms with E-state index in [-0.39, 0.29) is 12.5 Å². The summed E-state index contributed by atoms with van der Waals surface area (Å²) in [6, 6.07) is 4.56. The first-order chi connectivity index (χ1) is 12.4. The molecule has 26 heavy (non-hydrogen) atoms. The van der Waals surface area contributed by atoms with Gasteiger partial charge in [-0.2, -0.15) is 0 Å². The van der Waals surface area contributed by atoms with Gasteiger partial charge in [-0.25, -0.2) is 0 Å². The van der Waals surface area contributed by atoms with Crippen molar-refractivity contribution in [2.45, 2.75) is 6.42 Å². The second-order valence-corrected chi connectivity index (χ2v) is 5.59. The number of ether oxygens (including phenoxy) is 3. The second-order valence-electron chi connectivity index (χ2n) is 5.20. The number of hydrogen-bond donors (Lipinski definition) is 3. The molecule has 0 aliphatic carbocycles. The number of nitrogens with zero attached hydrogens (tertiary/aromatic N) is 1. The summed E-state index contributed by atoms with van der Waals surface area (Å²) < 4.78 is 15.4. The molecule has 4 N–H and O–H groups in total. The predicted octanol–water partition coefficient (Wildman–Crippen LogP) is 0.0469. The van der Waals surface area contributed by atoms with Crippen molar-refractivity contribution in [1.29, 1.82) is 0 Å². The standard InChI is InChI=1S/C16H24N4O5S/c1-20(16(26)18-7-4-8-23-2)19-15(22)11-5-6-12(13(9-11)24-3)25-10-14(17)21/h5-6,9H,4,7-8,10H2,1-3H3,(H2,17,21)(H,18,26)(H,19,22). The largest absolute Gasteiger partial charge is 0.493 e. The molecule has 2 amide bonds. The van der Waals surface area contributed by atoms with Crippen LogP contribution in [0.2, 0.25) is 0 Å². The summed E-state index contributed by atoms with van der Waals surface area (Å²) >= 11 is 5.19. The molecule has 0 bridgehead atoms. The molecule has 1 aromatic rings. The van der Waals surface area contributed by atoms with Crippen LogP contribution in [0.4, 0.5) is 0 Å². The zero-order chi connectivity index (χ0) is 19.5. The van der Waals surface area contributed by atoms with Gasteiger partial charge in [-0.05, 0) is 36.8 Å². The maximum Gasteiger partial charge on any atom is 0.269 e. The molecular formula is C16H24N4O5S. The van der Waals surface area contributed by atoms with E-state index in [0.717, 1.165) is 6.42 Å². The number of carbonyl (C=O) groups is 2. The van der Waals surface area contributed by atoms with Gasteiger partial charge in [0.2, 0.25) is 0 Å². The van der Waals surface area contributed by atoms with Crippen molar-refractivity contribution >= 4 is 29.1 Å². The lowest BCUT2D eigenvalue weighted by Crippen LogP contribution is -2.48. The number of primary amides is 1. The Kier molecular flexibility index (Phi) is 9.17. The van der Waals surface area contributed by atoms with E-state index in [4.69, 9.17) is 32.2 Å². The molecule has 1 rings (SSSR count). The molecule has 0 saturated carbocycles. The minimum Gasteiger partial charge on any atom is -0.493 e. The van der Waals surface area contributed by atoms with Crippen LogP contribution in [0.5, 0.6) is 11.5 Å². The molecule has 0 heterocycles. The van der Waals surface area contributed by atoms with Crippen LogP contribution in [-0.2, 0) is 9.53 Å². The summed E-state index contributed by atoms with van der Waals surface area (Å²) in [5.74, 6) is -0.372. The van der Waals surface area contributed by atoms with E-state index in [0.29, 0.717) is 35.3 Å². The predicted molar refractivity (Wildman–Crippen MR) is 100 cm³/mol. The van der Waals surface area contributed by atoms with Gasteiger partial charge in [0.1, 0.15) is 0 Å². The fourth-order valence-electron chi connectivity index (χ4n) is 1.88. The summed E-state index contributed by atoms with van der Waals surface area (Å²) in [6.07, 6.45) is 0.794. The summed E-state index contributed by atoms with van der Waals surface area (Å²) in [5.41, 5.74) is 8.03. The summed E-state index contributed by atoms with van der Waals surface area (Å²) in [7, 11) is 4.69. The number of methoxy groups -OCH3 is 2. The topological polar surface area (TPSA) is 115 Å². The number of nitrogens with one attached hydrogen (secondary N) is 2. The number of amides is 2. The summed E-state index contributed by atoms with van der Waals surface area (Å²) in [4.78, 5) is 23.2. The van der Waals surface area contributed by atoms with Gasteiger partial charge in [0.05, 0.1) is 7.11 Å². The van der Waals surface area contributed by atoms with E-state index >= 15 is 0 Å². The van der Waals surface area contributed by atoms with Gasteiger partial charge in [-0.1, -0.05) is 0 Å². The molecule has 10 heteroatoms. The monoisotopic (exact) mass is 384 g/mol. The Balaban J connectivity index is 2.65. The highest BCUT2D eigenvalue weighted by molar-refractivity contribution is 7.80. The summed E-state index contributed by atoms with van der Waals surface area (Å²) in [5, 5.41) is 4.80. The van der Waals surface area contributed by atoms with E-state index in [1.165, 1.54) is 30.3 Å². The average Bonchev–Trinajstić information content (AvgIpc) is 2.62. The maximum atomic E-state index is 12.4. The molecular weight excluding hydrogens is 360 g/mol. The highest BCUT2D eigenvalue weighted by Crippen LogP contribution is 2.28. The smallest absolute Gasteiger partial charge is 0.269 e.